The molecule has 1 aliphatic heterocycles. The summed E-state index contributed by atoms with van der Waals surface area (Å²) < 4.78 is 0. The summed E-state index contributed by atoms with van der Waals surface area (Å²) in [6, 6.07) is 5.72. The molecule has 1 aliphatic rings. The third kappa shape index (κ3) is 3.48. The lowest BCUT2D eigenvalue weighted by Crippen LogP contribution is -2.35. The Hall–Kier alpha value is -1.73. The second-order valence-electron chi connectivity index (χ2n) is 5.88. The van der Waals surface area contributed by atoms with Gasteiger partial charge in [0.15, 0.2) is 5.82 Å². The van der Waals surface area contributed by atoms with Gasteiger partial charge in [-0.15, -0.1) is 11.3 Å². The van der Waals surface area contributed by atoms with Gasteiger partial charge in [0.2, 0.25) is 0 Å². The quantitative estimate of drug-likeness (QED) is 0.689. The molecule has 5 nitrogen and oxygen atoms in total. The summed E-state index contributed by atoms with van der Waals surface area (Å²) in [5, 5.41) is 2.96. The average Bonchev–Trinajstić information content (AvgIpc) is 3.13. The zero-order chi connectivity index (χ0) is 17.4. The Labute approximate surface area is 158 Å². The monoisotopic (exact) mass is 392 g/mol. The molecule has 8 heteroatoms. The predicted molar refractivity (Wildman–Crippen MR) is 100 cm³/mol. The number of thiophene rings is 1. The van der Waals surface area contributed by atoms with E-state index in [0.717, 1.165) is 34.7 Å². The van der Waals surface area contributed by atoms with E-state index in [1.165, 1.54) is 6.20 Å². The molecule has 0 atom stereocenters. The van der Waals surface area contributed by atoms with E-state index < -0.39 is 0 Å². The van der Waals surface area contributed by atoms with E-state index in [1.54, 1.807) is 11.3 Å². The van der Waals surface area contributed by atoms with Gasteiger partial charge in [0.25, 0.3) is 5.56 Å². The SMILES string of the molecule is O=c1[nH]c(-c2cccs2)nc2c1CN(Cc1cc(Cl)cnc1Cl)CC2. The normalized spacial score (nSPS) is 14.5. The lowest BCUT2D eigenvalue weighted by molar-refractivity contribution is 0.241. The lowest BCUT2D eigenvalue weighted by Gasteiger charge is -2.27. The Morgan fingerprint density at radius 1 is 1.36 bits per heavy atom. The van der Waals surface area contributed by atoms with Crippen LogP contribution in [-0.2, 0) is 19.5 Å². The number of hydrogen-bond donors (Lipinski definition) is 1. The fourth-order valence-electron chi connectivity index (χ4n) is 2.96. The first-order chi connectivity index (χ1) is 12.1. The summed E-state index contributed by atoms with van der Waals surface area (Å²) in [7, 11) is 0. The molecule has 0 fully saturated rings. The van der Waals surface area contributed by atoms with Gasteiger partial charge in [-0.2, -0.15) is 0 Å². The second-order valence-corrected chi connectivity index (χ2v) is 7.62. The maximum Gasteiger partial charge on any atom is 0.255 e. The number of fused-ring (bicyclic) bond motifs is 1. The number of nitrogens with zero attached hydrogens (tertiary/aromatic N) is 3. The third-order valence-corrected chi connectivity index (χ3v) is 5.60. The molecule has 0 saturated heterocycles. The van der Waals surface area contributed by atoms with Gasteiger partial charge >= 0.3 is 0 Å². The van der Waals surface area contributed by atoms with Crippen molar-refractivity contribution in [3.05, 3.63) is 67.1 Å². The van der Waals surface area contributed by atoms with Crippen LogP contribution in [0.2, 0.25) is 10.2 Å². The summed E-state index contributed by atoms with van der Waals surface area (Å²) >= 11 is 13.7. The van der Waals surface area contributed by atoms with Crippen molar-refractivity contribution in [1.29, 1.82) is 0 Å². The van der Waals surface area contributed by atoms with Crippen molar-refractivity contribution in [2.45, 2.75) is 19.5 Å². The number of aromatic nitrogens is 3. The van der Waals surface area contributed by atoms with Crippen molar-refractivity contribution < 1.29 is 0 Å². The Morgan fingerprint density at radius 2 is 2.24 bits per heavy atom. The second kappa shape index (κ2) is 6.88. The molecule has 0 aliphatic carbocycles. The molecule has 128 valence electrons. The van der Waals surface area contributed by atoms with E-state index in [4.69, 9.17) is 23.2 Å². The Bertz CT molecular complexity index is 971. The van der Waals surface area contributed by atoms with Crippen molar-refractivity contribution in [3.8, 4) is 10.7 Å². The van der Waals surface area contributed by atoms with Crippen LogP contribution in [-0.4, -0.2) is 26.4 Å². The van der Waals surface area contributed by atoms with Crippen LogP contribution < -0.4 is 5.56 Å². The number of rotatable bonds is 3. The molecule has 0 amide bonds. The van der Waals surface area contributed by atoms with Crippen LogP contribution in [0, 0.1) is 0 Å². The summed E-state index contributed by atoms with van der Waals surface area (Å²) in [6.07, 6.45) is 2.25. The summed E-state index contributed by atoms with van der Waals surface area (Å²) in [5.74, 6) is 0.647. The van der Waals surface area contributed by atoms with E-state index in [-0.39, 0.29) is 5.56 Å². The van der Waals surface area contributed by atoms with E-state index in [0.29, 0.717) is 29.1 Å². The van der Waals surface area contributed by atoms with Crippen LogP contribution >= 0.6 is 34.5 Å². The zero-order valence-corrected chi connectivity index (χ0v) is 15.5. The van der Waals surface area contributed by atoms with Crippen LogP contribution in [0.1, 0.15) is 16.8 Å². The number of hydrogen-bond acceptors (Lipinski definition) is 5. The maximum atomic E-state index is 12.5. The Balaban J connectivity index is 1.59. The average molecular weight is 393 g/mol. The molecule has 0 spiro atoms. The van der Waals surface area contributed by atoms with Gasteiger partial charge in [-0.05, 0) is 17.5 Å². The van der Waals surface area contributed by atoms with Gasteiger partial charge in [-0.1, -0.05) is 29.3 Å². The number of aromatic amines is 1. The summed E-state index contributed by atoms with van der Waals surface area (Å²) in [4.78, 5) is 27.3. The topological polar surface area (TPSA) is 61.9 Å². The number of H-pyrrole nitrogens is 1. The first-order valence-electron chi connectivity index (χ1n) is 7.78. The standard InChI is InChI=1S/C17H14Cl2N4OS/c18-11-6-10(15(19)20-7-11)8-23-4-3-13-12(9-23)17(24)22-16(21-13)14-2-1-5-25-14/h1-2,5-7H,3-4,8-9H2,(H,21,22,24). The van der Waals surface area contributed by atoms with Gasteiger partial charge in [-0.25, -0.2) is 9.97 Å². The maximum absolute atomic E-state index is 12.5. The van der Waals surface area contributed by atoms with Crippen molar-refractivity contribution in [2.24, 2.45) is 0 Å². The zero-order valence-electron chi connectivity index (χ0n) is 13.1. The molecule has 1 N–H and O–H groups in total. The number of pyridine rings is 1. The van der Waals surface area contributed by atoms with Crippen molar-refractivity contribution in [3.63, 3.8) is 0 Å². The van der Waals surface area contributed by atoms with E-state index >= 15 is 0 Å². The van der Waals surface area contributed by atoms with Gasteiger partial charge in [0, 0.05) is 37.8 Å². The van der Waals surface area contributed by atoms with Crippen LogP contribution in [0.15, 0.2) is 34.6 Å². The predicted octanol–water partition coefficient (Wildman–Crippen LogP) is 3.76. The fraction of sp³-hybridized carbons (Fsp3) is 0.235. The molecule has 3 aromatic rings. The molecule has 4 heterocycles. The number of halogens is 2. The molecular formula is C17H14Cl2N4OS. The highest BCUT2D eigenvalue weighted by atomic mass is 35.5. The first-order valence-corrected chi connectivity index (χ1v) is 9.42. The molecule has 3 aromatic heterocycles. The van der Waals surface area contributed by atoms with E-state index in [1.807, 2.05) is 23.6 Å². The molecule has 0 saturated carbocycles. The minimum absolute atomic E-state index is 0.0755. The summed E-state index contributed by atoms with van der Waals surface area (Å²) in [5.41, 5.74) is 2.38. The highest BCUT2D eigenvalue weighted by molar-refractivity contribution is 7.13. The van der Waals surface area contributed by atoms with Gasteiger partial charge in [0.05, 0.1) is 21.2 Å². The third-order valence-electron chi connectivity index (χ3n) is 4.17. The van der Waals surface area contributed by atoms with Gasteiger partial charge in [0.1, 0.15) is 5.15 Å². The fourth-order valence-corrected chi connectivity index (χ4v) is 3.98. The van der Waals surface area contributed by atoms with Gasteiger partial charge < -0.3 is 4.98 Å². The Kier molecular flexibility index (Phi) is 4.60. The van der Waals surface area contributed by atoms with E-state index in [2.05, 4.69) is 19.9 Å². The first kappa shape index (κ1) is 16.7. The van der Waals surface area contributed by atoms with Crippen molar-refractivity contribution >= 4 is 34.5 Å². The molecule has 0 aromatic carbocycles. The van der Waals surface area contributed by atoms with Crippen molar-refractivity contribution in [1.82, 2.24) is 19.9 Å². The lowest BCUT2D eigenvalue weighted by atomic mass is 10.1. The van der Waals surface area contributed by atoms with Crippen LogP contribution in [0.4, 0.5) is 0 Å². The van der Waals surface area contributed by atoms with E-state index in [9.17, 15) is 4.79 Å². The van der Waals surface area contributed by atoms with Crippen LogP contribution in [0.25, 0.3) is 10.7 Å². The van der Waals surface area contributed by atoms with Crippen LogP contribution in [0.3, 0.4) is 0 Å². The highest BCUT2D eigenvalue weighted by Gasteiger charge is 2.22. The minimum Gasteiger partial charge on any atom is -0.306 e. The molecular weight excluding hydrogens is 379 g/mol. The summed E-state index contributed by atoms with van der Waals surface area (Å²) in [6.45, 7) is 1.93. The van der Waals surface area contributed by atoms with Crippen LogP contribution in [0.5, 0.6) is 0 Å². The minimum atomic E-state index is -0.0755. The molecule has 0 unspecified atom stereocenters. The Morgan fingerprint density at radius 3 is 3.04 bits per heavy atom. The smallest absolute Gasteiger partial charge is 0.255 e. The molecule has 0 radical (unpaired) electrons. The molecule has 0 bridgehead atoms. The highest BCUT2D eigenvalue weighted by Crippen LogP contribution is 2.24. The number of nitrogens with one attached hydrogen (secondary N) is 1. The van der Waals surface area contributed by atoms with Crippen molar-refractivity contribution in [2.75, 3.05) is 6.54 Å². The van der Waals surface area contributed by atoms with Gasteiger partial charge in [-0.3, -0.25) is 9.69 Å². The molecule has 25 heavy (non-hydrogen) atoms. The largest absolute Gasteiger partial charge is 0.306 e. The molecule has 4 rings (SSSR count).